The van der Waals surface area contributed by atoms with Crippen LogP contribution >= 0.6 is 0 Å². The summed E-state index contributed by atoms with van der Waals surface area (Å²) in [5.74, 6) is 0.803. The quantitative estimate of drug-likeness (QED) is 0.364. The van der Waals surface area contributed by atoms with Gasteiger partial charge in [0.1, 0.15) is 0 Å². The van der Waals surface area contributed by atoms with E-state index in [1.54, 1.807) is 0 Å². The van der Waals surface area contributed by atoms with Gasteiger partial charge in [-0.15, -0.1) is 10.2 Å². The van der Waals surface area contributed by atoms with E-state index in [1.165, 1.54) is 12.8 Å². The van der Waals surface area contributed by atoms with Gasteiger partial charge in [-0.3, -0.25) is 9.59 Å². The van der Waals surface area contributed by atoms with Crippen molar-refractivity contribution in [1.82, 2.24) is 31.3 Å². The second kappa shape index (κ2) is 11.0. The highest BCUT2D eigenvalue weighted by molar-refractivity contribution is 5.95. The van der Waals surface area contributed by atoms with Gasteiger partial charge in [-0.2, -0.15) is 5.21 Å². The summed E-state index contributed by atoms with van der Waals surface area (Å²) in [4.78, 5) is 25.5. The third-order valence-corrected chi connectivity index (χ3v) is 8.27. The van der Waals surface area contributed by atoms with Gasteiger partial charge in [0.25, 0.3) is 11.8 Å². The topological polar surface area (TPSA) is 139 Å². The summed E-state index contributed by atoms with van der Waals surface area (Å²) in [6.45, 7) is 4.95. The number of hydrogen-bond donors (Lipinski definition) is 4. The highest BCUT2D eigenvalue weighted by Gasteiger charge is 2.46. The molecule has 2 amide bonds. The van der Waals surface area contributed by atoms with Gasteiger partial charge in [0.05, 0.1) is 5.41 Å². The first-order valence-corrected chi connectivity index (χ1v) is 13.8. The second-order valence-corrected chi connectivity index (χ2v) is 10.5. The fourth-order valence-electron chi connectivity index (χ4n) is 6.46. The fourth-order valence-corrected chi connectivity index (χ4v) is 6.46. The highest BCUT2D eigenvalue weighted by atomic mass is 16.2. The number of nitrogens with zero attached hydrogens (tertiary/aromatic N) is 3. The smallest absolute Gasteiger partial charge is 0.251 e. The van der Waals surface area contributed by atoms with E-state index >= 15 is 0 Å². The van der Waals surface area contributed by atoms with Crippen molar-refractivity contribution in [3.05, 3.63) is 75.6 Å². The Bertz CT molecular complexity index is 1230. The highest BCUT2D eigenvalue weighted by Crippen LogP contribution is 2.48. The maximum Gasteiger partial charge on any atom is 0.251 e. The molecule has 1 saturated carbocycles. The summed E-state index contributed by atoms with van der Waals surface area (Å²) in [5.41, 5.74) is 11.7. The SMILES string of the molecule is CCNC(=O)c1ccc2c(c1)CCc1cc(C(=O)NCC)ccc1C2(C[C@H](N)C1CCCC1)c1nn[nH]n1. The van der Waals surface area contributed by atoms with Crippen molar-refractivity contribution < 1.29 is 9.59 Å². The first-order valence-electron chi connectivity index (χ1n) is 13.8. The molecule has 2 aliphatic rings. The number of fused-ring (bicyclic) bond motifs is 2. The Hall–Kier alpha value is -3.59. The molecule has 0 saturated heterocycles. The summed E-state index contributed by atoms with van der Waals surface area (Å²) in [6, 6.07) is 11.8. The minimum Gasteiger partial charge on any atom is -0.352 e. The van der Waals surface area contributed by atoms with E-state index in [0.29, 0.717) is 55.2 Å². The zero-order valence-electron chi connectivity index (χ0n) is 22.2. The average molecular weight is 516 g/mol. The van der Waals surface area contributed by atoms with E-state index < -0.39 is 5.41 Å². The van der Waals surface area contributed by atoms with Gasteiger partial charge in [-0.25, -0.2) is 0 Å². The van der Waals surface area contributed by atoms with E-state index in [0.717, 1.165) is 35.1 Å². The summed E-state index contributed by atoms with van der Waals surface area (Å²) in [5, 5.41) is 21.5. The molecule has 0 bridgehead atoms. The van der Waals surface area contributed by atoms with E-state index in [4.69, 9.17) is 5.73 Å². The largest absolute Gasteiger partial charge is 0.352 e. The Balaban J connectivity index is 1.72. The number of aromatic amines is 1. The maximum atomic E-state index is 12.7. The molecule has 5 N–H and O–H groups in total. The van der Waals surface area contributed by atoms with Crippen molar-refractivity contribution in [1.29, 1.82) is 0 Å². The molecule has 0 radical (unpaired) electrons. The number of nitrogens with two attached hydrogens (primary N) is 1. The van der Waals surface area contributed by atoms with Crippen LogP contribution in [-0.4, -0.2) is 51.6 Å². The molecule has 1 fully saturated rings. The number of aryl methyl sites for hydroxylation is 2. The summed E-state index contributed by atoms with van der Waals surface area (Å²) in [7, 11) is 0. The summed E-state index contributed by atoms with van der Waals surface area (Å²) < 4.78 is 0. The van der Waals surface area contributed by atoms with Crippen molar-refractivity contribution in [2.45, 2.75) is 70.3 Å². The number of nitrogens with one attached hydrogen (secondary N) is 3. The van der Waals surface area contributed by atoms with Crippen molar-refractivity contribution in [3.63, 3.8) is 0 Å². The van der Waals surface area contributed by atoms with Crippen LogP contribution in [-0.2, 0) is 18.3 Å². The number of amides is 2. The van der Waals surface area contributed by atoms with Crippen LogP contribution in [0.4, 0.5) is 0 Å². The molecule has 0 unspecified atom stereocenters. The number of aromatic nitrogens is 4. The number of tetrazole rings is 1. The molecule has 1 heterocycles. The average Bonchev–Trinajstić information content (AvgIpc) is 3.64. The fraction of sp³-hybridized carbons (Fsp3) is 0.483. The first kappa shape index (κ1) is 26.0. The van der Waals surface area contributed by atoms with E-state index in [2.05, 4.69) is 31.3 Å². The number of hydrogen-bond acceptors (Lipinski definition) is 6. The van der Waals surface area contributed by atoms with Crippen LogP contribution in [0.5, 0.6) is 0 Å². The Morgan fingerprint density at radius 2 is 1.53 bits per heavy atom. The lowest BCUT2D eigenvalue weighted by Gasteiger charge is -2.37. The van der Waals surface area contributed by atoms with Crippen molar-refractivity contribution in [2.24, 2.45) is 11.7 Å². The predicted molar refractivity (Wildman–Crippen MR) is 145 cm³/mol. The second-order valence-electron chi connectivity index (χ2n) is 10.5. The third-order valence-electron chi connectivity index (χ3n) is 8.27. The molecule has 200 valence electrons. The standard InChI is InChI=1S/C29H37N7O2/c1-3-31-26(37)21-11-13-23-19(15-21)9-10-20-16-22(27(38)32-4-2)12-14-24(20)29(23,28-33-35-36-34-28)17-25(30)18-7-5-6-8-18/h11-16,18,25H,3-10,17,30H2,1-2H3,(H,31,37)(H,32,38)(H,33,34,35,36)/t25-/m0/s1. The molecule has 9 heteroatoms. The zero-order chi connectivity index (χ0) is 26.7. The Labute approximate surface area is 223 Å². The molecule has 1 aromatic heterocycles. The van der Waals surface area contributed by atoms with Crippen molar-refractivity contribution in [3.8, 4) is 0 Å². The molecule has 5 rings (SSSR count). The zero-order valence-corrected chi connectivity index (χ0v) is 22.2. The Morgan fingerprint density at radius 1 is 0.974 bits per heavy atom. The minimum atomic E-state index is -0.768. The number of H-pyrrole nitrogens is 1. The molecular formula is C29H37N7O2. The van der Waals surface area contributed by atoms with Crippen LogP contribution in [0.3, 0.4) is 0 Å². The van der Waals surface area contributed by atoms with Gasteiger partial charge < -0.3 is 16.4 Å². The molecule has 0 aliphatic heterocycles. The van der Waals surface area contributed by atoms with Crippen LogP contribution in [0.2, 0.25) is 0 Å². The van der Waals surface area contributed by atoms with E-state index in [-0.39, 0.29) is 17.9 Å². The first-order chi connectivity index (χ1) is 18.5. The van der Waals surface area contributed by atoms with Crippen molar-refractivity contribution in [2.75, 3.05) is 13.1 Å². The van der Waals surface area contributed by atoms with E-state index in [1.807, 2.05) is 50.2 Å². The van der Waals surface area contributed by atoms with Crippen LogP contribution in [0.25, 0.3) is 0 Å². The predicted octanol–water partition coefficient (Wildman–Crippen LogP) is 3.04. The lowest BCUT2D eigenvalue weighted by Crippen LogP contribution is -2.42. The lowest BCUT2D eigenvalue weighted by molar-refractivity contribution is 0.0947. The summed E-state index contributed by atoms with van der Waals surface area (Å²) in [6.07, 6.45) is 6.68. The molecular weight excluding hydrogens is 478 g/mol. The Kier molecular flexibility index (Phi) is 7.56. The minimum absolute atomic E-state index is 0.0686. The number of carbonyl (C=O) groups excluding carboxylic acids is 2. The monoisotopic (exact) mass is 515 g/mol. The molecule has 9 nitrogen and oxygen atoms in total. The van der Waals surface area contributed by atoms with Gasteiger partial charge in [0.2, 0.25) is 0 Å². The number of benzene rings is 2. The van der Waals surface area contributed by atoms with Crippen LogP contribution in [0.15, 0.2) is 36.4 Å². The molecule has 38 heavy (non-hydrogen) atoms. The normalized spacial score (nSPS) is 17.2. The van der Waals surface area contributed by atoms with Gasteiger partial charge >= 0.3 is 0 Å². The maximum absolute atomic E-state index is 12.7. The third kappa shape index (κ3) is 4.71. The molecule has 3 aromatic rings. The van der Waals surface area contributed by atoms with Crippen LogP contribution in [0.1, 0.15) is 94.7 Å². The molecule has 2 aromatic carbocycles. The number of rotatable bonds is 8. The summed E-state index contributed by atoms with van der Waals surface area (Å²) >= 11 is 0. The molecule has 1 atom stereocenters. The Morgan fingerprint density at radius 3 is 2.00 bits per heavy atom. The van der Waals surface area contributed by atoms with Gasteiger partial charge in [0.15, 0.2) is 5.82 Å². The van der Waals surface area contributed by atoms with Gasteiger partial charge in [-0.05, 0) is 98.4 Å². The van der Waals surface area contributed by atoms with Crippen LogP contribution < -0.4 is 16.4 Å². The van der Waals surface area contributed by atoms with Crippen LogP contribution in [0, 0.1) is 5.92 Å². The van der Waals surface area contributed by atoms with Gasteiger partial charge in [0, 0.05) is 30.3 Å². The molecule has 2 aliphatic carbocycles. The lowest BCUT2D eigenvalue weighted by atomic mass is 9.66. The molecule has 0 spiro atoms. The van der Waals surface area contributed by atoms with E-state index in [9.17, 15) is 9.59 Å². The number of carbonyl (C=O) groups is 2. The van der Waals surface area contributed by atoms with Gasteiger partial charge in [-0.1, -0.05) is 30.2 Å². The van der Waals surface area contributed by atoms with Crippen molar-refractivity contribution >= 4 is 11.8 Å².